The van der Waals surface area contributed by atoms with Gasteiger partial charge in [-0.15, -0.1) is 0 Å². The Bertz CT molecular complexity index is 1360. The van der Waals surface area contributed by atoms with E-state index in [1.807, 2.05) is 49.4 Å². The van der Waals surface area contributed by atoms with Crippen LogP contribution in [0, 0.1) is 6.92 Å². The lowest BCUT2D eigenvalue weighted by atomic mass is 10.1. The molecule has 4 aromatic rings. The zero-order chi connectivity index (χ0) is 21.5. The summed E-state index contributed by atoms with van der Waals surface area (Å²) in [6.07, 6.45) is 1.45. The predicted octanol–water partition coefficient (Wildman–Crippen LogP) is 3.05. The Labute approximate surface area is 185 Å². The van der Waals surface area contributed by atoms with Gasteiger partial charge < -0.3 is 9.64 Å². The summed E-state index contributed by atoms with van der Waals surface area (Å²) in [5.74, 6) is 0.442. The number of carbonyl (C=O) groups excluding carboxylic acids is 1. The van der Waals surface area contributed by atoms with Gasteiger partial charge in [-0.05, 0) is 42.8 Å². The van der Waals surface area contributed by atoms with Crippen LogP contribution < -0.4 is 15.2 Å². The molecule has 0 radical (unpaired) electrons. The molecule has 0 bridgehead atoms. The summed E-state index contributed by atoms with van der Waals surface area (Å²) < 4.78 is 9.23. The first-order valence-electron chi connectivity index (χ1n) is 9.75. The summed E-state index contributed by atoms with van der Waals surface area (Å²) in [5.41, 5.74) is 3.27. The highest BCUT2D eigenvalue weighted by Crippen LogP contribution is 2.32. The molecule has 0 spiro atoms. The average molecular weight is 480 g/mol. The molecule has 0 atom stereocenters. The maximum absolute atomic E-state index is 13.0. The van der Waals surface area contributed by atoms with Crippen molar-refractivity contribution in [2.45, 2.75) is 13.5 Å². The molecule has 0 unspecified atom stereocenters. The minimum absolute atomic E-state index is 0.165. The van der Waals surface area contributed by atoms with Crippen LogP contribution in [-0.2, 0) is 11.3 Å². The largest absolute Gasteiger partial charge is 0.490 e. The second-order valence-electron chi connectivity index (χ2n) is 7.33. The van der Waals surface area contributed by atoms with E-state index in [1.165, 1.54) is 15.5 Å². The van der Waals surface area contributed by atoms with Crippen molar-refractivity contribution in [3.05, 3.63) is 75.2 Å². The van der Waals surface area contributed by atoms with Crippen LogP contribution in [0.2, 0.25) is 0 Å². The van der Waals surface area contributed by atoms with Gasteiger partial charge in [-0.1, -0.05) is 34.1 Å². The molecule has 1 amide bonds. The lowest BCUT2D eigenvalue weighted by molar-refractivity contribution is -0.119. The number of rotatable bonds is 3. The summed E-state index contributed by atoms with van der Waals surface area (Å²) in [4.78, 5) is 27.7. The maximum atomic E-state index is 13.0. The van der Waals surface area contributed by atoms with Crippen molar-refractivity contribution >= 4 is 33.0 Å². The normalized spacial score (nSPS) is 13.2. The zero-order valence-corrected chi connectivity index (χ0v) is 18.2. The van der Waals surface area contributed by atoms with Crippen LogP contribution in [0.5, 0.6) is 5.75 Å². The fourth-order valence-electron chi connectivity index (χ4n) is 3.61. The molecule has 5 rings (SSSR count). The number of anilines is 1. The van der Waals surface area contributed by atoms with E-state index in [0.29, 0.717) is 35.8 Å². The van der Waals surface area contributed by atoms with E-state index in [-0.39, 0.29) is 18.0 Å². The van der Waals surface area contributed by atoms with Gasteiger partial charge in [0.15, 0.2) is 0 Å². The third-order valence-electron chi connectivity index (χ3n) is 5.19. The number of hydrogen-bond acceptors (Lipinski definition) is 5. The fourth-order valence-corrected chi connectivity index (χ4v) is 3.88. The summed E-state index contributed by atoms with van der Waals surface area (Å²) in [6, 6.07) is 15.1. The van der Waals surface area contributed by atoms with Crippen LogP contribution in [-0.4, -0.2) is 38.5 Å². The molecule has 0 saturated carbocycles. The van der Waals surface area contributed by atoms with Crippen molar-refractivity contribution in [2.24, 2.45) is 0 Å². The number of nitrogens with zero attached hydrogens (tertiary/aromatic N) is 5. The Hall–Kier alpha value is -3.46. The van der Waals surface area contributed by atoms with Crippen LogP contribution in [0.15, 0.2) is 64.1 Å². The summed E-state index contributed by atoms with van der Waals surface area (Å²) in [5, 5.41) is 8.59. The quantitative estimate of drug-likeness (QED) is 0.450. The SMILES string of the molecule is Cc1ccc2c(c1)N(C(=O)Cn1ncn3nc(-c4ccc(Br)cc4)cc3c1=O)CCO2. The number of halogens is 1. The summed E-state index contributed by atoms with van der Waals surface area (Å²) >= 11 is 3.41. The van der Waals surface area contributed by atoms with Gasteiger partial charge in [-0.3, -0.25) is 9.59 Å². The number of carbonyl (C=O) groups is 1. The predicted molar refractivity (Wildman–Crippen MR) is 119 cm³/mol. The Morgan fingerprint density at radius 3 is 2.77 bits per heavy atom. The van der Waals surface area contributed by atoms with Crippen LogP contribution in [0.1, 0.15) is 5.56 Å². The van der Waals surface area contributed by atoms with Crippen molar-refractivity contribution < 1.29 is 9.53 Å². The van der Waals surface area contributed by atoms with Crippen molar-refractivity contribution in [1.82, 2.24) is 19.4 Å². The molecule has 2 aromatic carbocycles. The Morgan fingerprint density at radius 1 is 1.16 bits per heavy atom. The number of fused-ring (bicyclic) bond motifs is 2. The van der Waals surface area contributed by atoms with Crippen molar-refractivity contribution in [3.8, 4) is 17.0 Å². The van der Waals surface area contributed by atoms with Gasteiger partial charge in [-0.25, -0.2) is 9.20 Å². The molecule has 8 nitrogen and oxygen atoms in total. The van der Waals surface area contributed by atoms with E-state index in [1.54, 1.807) is 11.0 Å². The maximum Gasteiger partial charge on any atom is 0.293 e. The molecule has 0 aliphatic carbocycles. The second-order valence-corrected chi connectivity index (χ2v) is 8.24. The van der Waals surface area contributed by atoms with Gasteiger partial charge in [0, 0.05) is 10.0 Å². The van der Waals surface area contributed by atoms with Crippen molar-refractivity contribution in [1.29, 1.82) is 0 Å². The Kier molecular flexibility index (Phi) is 4.82. The highest BCUT2D eigenvalue weighted by atomic mass is 79.9. The molecule has 0 N–H and O–H groups in total. The Morgan fingerprint density at radius 2 is 1.97 bits per heavy atom. The fraction of sp³-hybridized carbons (Fsp3) is 0.182. The first-order valence-corrected chi connectivity index (χ1v) is 10.5. The van der Waals surface area contributed by atoms with Gasteiger partial charge >= 0.3 is 0 Å². The molecular formula is C22H18BrN5O3. The number of ether oxygens (including phenoxy) is 1. The molecule has 2 aromatic heterocycles. The van der Waals surface area contributed by atoms with Crippen LogP contribution in [0.25, 0.3) is 16.8 Å². The first kappa shape index (κ1) is 19.5. The number of hydrogen-bond donors (Lipinski definition) is 0. The molecule has 156 valence electrons. The molecular weight excluding hydrogens is 462 g/mol. The second kappa shape index (κ2) is 7.66. The average Bonchev–Trinajstić information content (AvgIpc) is 3.21. The molecule has 0 saturated heterocycles. The van der Waals surface area contributed by atoms with Crippen molar-refractivity contribution in [3.63, 3.8) is 0 Å². The monoisotopic (exact) mass is 479 g/mol. The number of amides is 1. The number of aryl methyl sites for hydroxylation is 1. The van der Waals surface area contributed by atoms with Gasteiger partial charge in [0.25, 0.3) is 5.56 Å². The molecule has 31 heavy (non-hydrogen) atoms. The minimum atomic E-state index is -0.371. The number of aromatic nitrogens is 4. The van der Waals surface area contributed by atoms with Crippen LogP contribution in [0.4, 0.5) is 5.69 Å². The summed E-state index contributed by atoms with van der Waals surface area (Å²) in [6.45, 7) is 2.62. The highest BCUT2D eigenvalue weighted by Gasteiger charge is 2.25. The third kappa shape index (κ3) is 3.61. The van der Waals surface area contributed by atoms with E-state index in [4.69, 9.17) is 4.74 Å². The van der Waals surface area contributed by atoms with E-state index in [0.717, 1.165) is 15.6 Å². The van der Waals surface area contributed by atoms with Gasteiger partial charge in [-0.2, -0.15) is 10.2 Å². The lowest BCUT2D eigenvalue weighted by Crippen LogP contribution is -2.42. The zero-order valence-electron chi connectivity index (χ0n) is 16.7. The minimum Gasteiger partial charge on any atom is -0.490 e. The van der Waals surface area contributed by atoms with Crippen molar-refractivity contribution in [2.75, 3.05) is 18.1 Å². The highest BCUT2D eigenvalue weighted by molar-refractivity contribution is 9.10. The Balaban J connectivity index is 1.46. The topological polar surface area (TPSA) is 81.7 Å². The molecule has 1 aliphatic rings. The first-order chi connectivity index (χ1) is 15.0. The van der Waals surface area contributed by atoms with E-state index in [2.05, 4.69) is 26.1 Å². The van der Waals surface area contributed by atoms with Gasteiger partial charge in [0.05, 0.1) is 17.9 Å². The van der Waals surface area contributed by atoms with Gasteiger partial charge in [0.1, 0.15) is 30.7 Å². The smallest absolute Gasteiger partial charge is 0.293 e. The van der Waals surface area contributed by atoms with E-state index < -0.39 is 0 Å². The standard InChI is InChI=1S/C22H18BrN5O3/c1-14-2-7-20-18(10-14)26(8-9-31-20)21(29)12-27-22(30)19-11-17(25-28(19)13-24-27)15-3-5-16(23)6-4-15/h2-7,10-11,13H,8-9,12H2,1H3. The van der Waals surface area contributed by atoms with Gasteiger partial charge in [0.2, 0.25) is 5.91 Å². The molecule has 1 aliphatic heterocycles. The summed E-state index contributed by atoms with van der Waals surface area (Å²) in [7, 11) is 0. The molecule has 3 heterocycles. The van der Waals surface area contributed by atoms with Crippen LogP contribution in [0.3, 0.4) is 0 Å². The van der Waals surface area contributed by atoms with Crippen LogP contribution >= 0.6 is 15.9 Å². The third-order valence-corrected chi connectivity index (χ3v) is 5.72. The molecule has 0 fully saturated rings. The van der Waals surface area contributed by atoms with E-state index in [9.17, 15) is 9.59 Å². The molecule has 9 heteroatoms. The van der Waals surface area contributed by atoms with E-state index >= 15 is 0 Å². The lowest BCUT2D eigenvalue weighted by Gasteiger charge is -2.29. The number of benzene rings is 2.